The third-order valence-corrected chi connectivity index (χ3v) is 6.39. The number of thiazole rings is 1. The van der Waals surface area contributed by atoms with E-state index in [2.05, 4.69) is 42.2 Å². The van der Waals surface area contributed by atoms with Crippen LogP contribution < -0.4 is 15.5 Å². The highest BCUT2D eigenvalue weighted by Gasteiger charge is 2.19. The number of halogens is 1. The van der Waals surface area contributed by atoms with Crippen LogP contribution in [-0.4, -0.2) is 58.3 Å². The van der Waals surface area contributed by atoms with Crippen molar-refractivity contribution < 1.29 is 4.79 Å². The quantitative estimate of drug-likeness (QED) is 0.465. The van der Waals surface area contributed by atoms with Crippen LogP contribution in [0, 0.1) is 13.8 Å². The van der Waals surface area contributed by atoms with E-state index in [9.17, 15) is 4.79 Å². The standard InChI is InChI=1S/C23H25ClN8OS/c1-4-8-26-32-11-9-31(10-12-32)20-13-19(27-16(3)28-20)29-23-25-14-18(34-23)22(33)30-21-15(2)6-5-7-17(21)24/h4-8,13-14H,1,9-12H2,2-3H3,(H,30,33)(H,25,27,28,29)/b26-8+. The lowest BCUT2D eigenvalue weighted by Gasteiger charge is -2.33. The normalized spacial score (nSPS) is 13.9. The molecule has 1 amide bonds. The minimum absolute atomic E-state index is 0.265. The van der Waals surface area contributed by atoms with Crippen molar-refractivity contribution in [2.75, 3.05) is 41.7 Å². The summed E-state index contributed by atoms with van der Waals surface area (Å²) in [5, 5.41) is 13.5. The van der Waals surface area contributed by atoms with Crippen LogP contribution in [0.25, 0.3) is 0 Å². The number of aromatic nitrogens is 3. The zero-order chi connectivity index (χ0) is 24.1. The van der Waals surface area contributed by atoms with Crippen LogP contribution in [-0.2, 0) is 0 Å². The average molecular weight is 497 g/mol. The number of hydrogen-bond donors (Lipinski definition) is 2. The van der Waals surface area contributed by atoms with Gasteiger partial charge in [0.15, 0.2) is 5.13 Å². The fourth-order valence-corrected chi connectivity index (χ4v) is 4.46. The Bertz CT molecular complexity index is 1200. The smallest absolute Gasteiger partial charge is 0.267 e. The molecule has 11 heteroatoms. The number of para-hydroxylation sites is 1. The summed E-state index contributed by atoms with van der Waals surface area (Å²) in [4.78, 5) is 28.8. The van der Waals surface area contributed by atoms with Crippen LogP contribution in [0.2, 0.25) is 5.02 Å². The van der Waals surface area contributed by atoms with E-state index >= 15 is 0 Å². The first-order chi connectivity index (χ1) is 16.4. The van der Waals surface area contributed by atoms with E-state index in [1.165, 1.54) is 17.5 Å². The highest BCUT2D eigenvalue weighted by atomic mass is 35.5. The van der Waals surface area contributed by atoms with Gasteiger partial charge in [-0.1, -0.05) is 41.6 Å². The maximum Gasteiger partial charge on any atom is 0.267 e. The lowest BCUT2D eigenvalue weighted by atomic mass is 10.2. The van der Waals surface area contributed by atoms with Crippen molar-refractivity contribution in [3.05, 3.63) is 64.4 Å². The molecule has 3 heterocycles. The summed E-state index contributed by atoms with van der Waals surface area (Å²) in [5.41, 5.74) is 1.49. The van der Waals surface area contributed by atoms with Gasteiger partial charge in [0.2, 0.25) is 0 Å². The lowest BCUT2D eigenvalue weighted by Crippen LogP contribution is -2.44. The molecule has 2 N–H and O–H groups in total. The second-order valence-corrected chi connectivity index (χ2v) is 9.08. The Balaban J connectivity index is 1.43. The fraction of sp³-hybridized carbons (Fsp3) is 0.261. The second kappa shape index (κ2) is 10.6. The van der Waals surface area contributed by atoms with Crippen LogP contribution in [0.1, 0.15) is 21.1 Å². The van der Waals surface area contributed by atoms with Gasteiger partial charge in [0, 0.05) is 25.4 Å². The first kappa shape index (κ1) is 23.7. The number of carbonyl (C=O) groups excluding carboxylic acids is 1. The number of nitrogens with one attached hydrogen (secondary N) is 2. The number of allylic oxidation sites excluding steroid dienone is 1. The van der Waals surface area contributed by atoms with Crippen LogP contribution >= 0.6 is 22.9 Å². The number of aryl methyl sites for hydroxylation is 2. The molecule has 0 aliphatic carbocycles. The molecule has 9 nitrogen and oxygen atoms in total. The van der Waals surface area contributed by atoms with Crippen molar-refractivity contribution in [2.45, 2.75) is 13.8 Å². The van der Waals surface area contributed by atoms with E-state index in [1.54, 1.807) is 18.4 Å². The zero-order valence-corrected chi connectivity index (χ0v) is 20.5. The summed E-state index contributed by atoms with van der Waals surface area (Å²) in [6, 6.07) is 7.37. The number of benzene rings is 1. The van der Waals surface area contributed by atoms with Crippen LogP contribution in [0.15, 0.2) is 48.2 Å². The molecule has 0 spiro atoms. The summed E-state index contributed by atoms with van der Waals surface area (Å²) >= 11 is 7.47. The summed E-state index contributed by atoms with van der Waals surface area (Å²) in [6.07, 6.45) is 4.90. The Kier molecular flexibility index (Phi) is 7.39. The SMILES string of the molecule is C=C/C=N/N1CCN(c2cc(Nc3ncc(C(=O)Nc4c(C)cccc4Cl)s3)nc(C)n2)CC1. The predicted octanol–water partition coefficient (Wildman–Crippen LogP) is 4.49. The number of rotatable bonds is 7. The molecule has 176 valence electrons. The van der Waals surface area contributed by atoms with E-state index in [4.69, 9.17) is 11.6 Å². The topological polar surface area (TPSA) is 98.6 Å². The molecular weight excluding hydrogens is 472 g/mol. The molecule has 1 aliphatic heterocycles. The minimum Gasteiger partial charge on any atom is -0.353 e. The van der Waals surface area contributed by atoms with Crippen molar-refractivity contribution >= 4 is 57.5 Å². The molecule has 3 aromatic rings. The molecule has 2 aromatic heterocycles. The van der Waals surface area contributed by atoms with Gasteiger partial charge in [-0.25, -0.2) is 15.0 Å². The molecule has 1 aromatic carbocycles. The van der Waals surface area contributed by atoms with E-state index in [0.717, 1.165) is 37.6 Å². The molecule has 0 radical (unpaired) electrons. The van der Waals surface area contributed by atoms with Crippen molar-refractivity contribution in [3.63, 3.8) is 0 Å². The Morgan fingerprint density at radius 3 is 2.76 bits per heavy atom. The number of hydrazone groups is 1. The third kappa shape index (κ3) is 5.70. The number of hydrogen-bond acceptors (Lipinski definition) is 9. The molecule has 0 bridgehead atoms. The Morgan fingerprint density at radius 2 is 2.03 bits per heavy atom. The molecule has 1 saturated heterocycles. The summed E-state index contributed by atoms with van der Waals surface area (Å²) in [5.74, 6) is 1.85. The molecule has 0 unspecified atom stereocenters. The summed E-state index contributed by atoms with van der Waals surface area (Å²) < 4.78 is 0. The van der Waals surface area contributed by atoms with Crippen molar-refractivity contribution in [2.24, 2.45) is 5.10 Å². The molecule has 34 heavy (non-hydrogen) atoms. The van der Waals surface area contributed by atoms with Crippen molar-refractivity contribution in [1.29, 1.82) is 0 Å². The number of piperazine rings is 1. The molecule has 0 atom stereocenters. The van der Waals surface area contributed by atoms with Gasteiger partial charge in [-0.2, -0.15) is 5.10 Å². The monoisotopic (exact) mass is 496 g/mol. The van der Waals surface area contributed by atoms with Gasteiger partial charge in [-0.15, -0.1) is 0 Å². The average Bonchev–Trinajstić information content (AvgIpc) is 3.28. The number of nitrogens with zero attached hydrogens (tertiary/aromatic N) is 6. The van der Waals surface area contributed by atoms with Crippen molar-refractivity contribution in [3.8, 4) is 0 Å². The highest BCUT2D eigenvalue weighted by molar-refractivity contribution is 7.17. The molecule has 0 saturated carbocycles. The molecule has 1 fully saturated rings. The van der Waals surface area contributed by atoms with E-state index in [-0.39, 0.29) is 5.91 Å². The first-order valence-corrected chi connectivity index (χ1v) is 11.9. The number of amides is 1. The number of carbonyl (C=O) groups is 1. The first-order valence-electron chi connectivity index (χ1n) is 10.7. The Labute approximate surface area is 207 Å². The minimum atomic E-state index is -0.265. The Hall–Kier alpha value is -3.50. The van der Waals surface area contributed by atoms with Crippen LogP contribution in [0.3, 0.4) is 0 Å². The fourth-order valence-electron chi connectivity index (χ4n) is 3.47. The largest absolute Gasteiger partial charge is 0.353 e. The Morgan fingerprint density at radius 1 is 1.24 bits per heavy atom. The maximum atomic E-state index is 12.7. The zero-order valence-electron chi connectivity index (χ0n) is 19.0. The molecule has 1 aliphatic rings. The van der Waals surface area contributed by atoms with E-state index < -0.39 is 0 Å². The van der Waals surface area contributed by atoms with E-state index in [0.29, 0.717) is 32.4 Å². The number of anilines is 4. The van der Waals surface area contributed by atoms with Gasteiger partial charge < -0.3 is 15.5 Å². The molecule has 4 rings (SSSR count). The summed E-state index contributed by atoms with van der Waals surface area (Å²) in [7, 11) is 0. The van der Waals surface area contributed by atoms with E-state index in [1.807, 2.05) is 37.1 Å². The van der Waals surface area contributed by atoms with Gasteiger partial charge in [-0.3, -0.25) is 9.80 Å². The van der Waals surface area contributed by atoms with Gasteiger partial charge in [-0.05, 0) is 31.6 Å². The van der Waals surface area contributed by atoms with Crippen LogP contribution in [0.4, 0.5) is 22.5 Å². The van der Waals surface area contributed by atoms with Gasteiger partial charge in [0.25, 0.3) is 5.91 Å². The maximum absolute atomic E-state index is 12.7. The van der Waals surface area contributed by atoms with Crippen molar-refractivity contribution in [1.82, 2.24) is 20.0 Å². The second-order valence-electron chi connectivity index (χ2n) is 7.64. The highest BCUT2D eigenvalue weighted by Crippen LogP contribution is 2.28. The lowest BCUT2D eigenvalue weighted by molar-refractivity contribution is 0.103. The molecular formula is C23H25ClN8OS. The van der Waals surface area contributed by atoms with Gasteiger partial charge in [0.05, 0.1) is 30.0 Å². The summed E-state index contributed by atoms with van der Waals surface area (Å²) in [6.45, 7) is 10.6. The third-order valence-electron chi connectivity index (χ3n) is 5.16. The van der Waals surface area contributed by atoms with Crippen LogP contribution in [0.5, 0.6) is 0 Å². The van der Waals surface area contributed by atoms with Gasteiger partial charge in [0.1, 0.15) is 22.3 Å². The van der Waals surface area contributed by atoms with Gasteiger partial charge >= 0.3 is 0 Å². The predicted molar refractivity (Wildman–Crippen MR) is 139 cm³/mol.